The molecule has 0 aliphatic carbocycles. The number of carbonyl (C=O) groups excluding carboxylic acids is 2. The van der Waals surface area contributed by atoms with Gasteiger partial charge >= 0.3 is 5.69 Å². The van der Waals surface area contributed by atoms with Crippen LogP contribution in [0.2, 0.25) is 0 Å². The van der Waals surface area contributed by atoms with E-state index in [1.807, 2.05) is 19.1 Å². The smallest absolute Gasteiger partial charge is 0.329 e. The Kier molecular flexibility index (Phi) is 5.85. The third-order valence-corrected chi connectivity index (χ3v) is 7.14. The molecule has 0 unspecified atom stereocenters. The van der Waals surface area contributed by atoms with E-state index < -0.39 is 15.9 Å². The van der Waals surface area contributed by atoms with E-state index in [4.69, 9.17) is 0 Å². The maximum atomic E-state index is 12.9. The van der Waals surface area contributed by atoms with E-state index in [-0.39, 0.29) is 48.4 Å². The Morgan fingerprint density at radius 1 is 1.06 bits per heavy atom. The average molecular weight is 458 g/mol. The van der Waals surface area contributed by atoms with Gasteiger partial charge in [-0.1, -0.05) is 18.2 Å². The minimum absolute atomic E-state index is 0.0234. The van der Waals surface area contributed by atoms with E-state index in [2.05, 4.69) is 10.6 Å². The van der Waals surface area contributed by atoms with Crippen LogP contribution in [0.3, 0.4) is 0 Å². The Bertz CT molecular complexity index is 1360. The Labute approximate surface area is 184 Å². The van der Waals surface area contributed by atoms with Crippen molar-refractivity contribution in [3.05, 3.63) is 59.0 Å². The van der Waals surface area contributed by atoms with E-state index in [9.17, 15) is 22.8 Å². The number of aryl methyl sites for hydroxylation is 1. The van der Waals surface area contributed by atoms with Crippen LogP contribution in [0.25, 0.3) is 11.0 Å². The fraction of sp³-hybridized carbons (Fsp3) is 0.286. The predicted octanol–water partition coefficient (Wildman–Crippen LogP) is 0.582. The molecule has 1 aliphatic rings. The number of piperazine rings is 1. The van der Waals surface area contributed by atoms with Crippen molar-refractivity contribution in [2.24, 2.45) is 0 Å². The number of carbonyl (C=O) groups is 2. The first kappa shape index (κ1) is 21.8. The number of benzene rings is 2. The molecule has 1 saturated heterocycles. The topological polar surface area (TPSA) is 123 Å². The van der Waals surface area contributed by atoms with Crippen LogP contribution in [0, 0.1) is 0 Å². The van der Waals surface area contributed by atoms with Gasteiger partial charge in [0.05, 0.1) is 22.5 Å². The molecule has 2 aromatic carbocycles. The number of rotatable bonds is 6. The quantitative estimate of drug-likeness (QED) is 0.561. The summed E-state index contributed by atoms with van der Waals surface area (Å²) in [5, 5.41) is 5.25. The van der Waals surface area contributed by atoms with Crippen molar-refractivity contribution in [3.63, 3.8) is 0 Å². The third kappa shape index (κ3) is 4.04. The van der Waals surface area contributed by atoms with Gasteiger partial charge in [-0.15, -0.1) is 0 Å². The molecule has 1 fully saturated rings. The molecule has 3 aromatic rings. The maximum absolute atomic E-state index is 12.9. The third-order valence-electron chi connectivity index (χ3n) is 5.30. The van der Waals surface area contributed by atoms with Crippen LogP contribution >= 0.6 is 0 Å². The first-order valence-electron chi connectivity index (χ1n) is 10.2. The lowest BCUT2D eigenvalue weighted by atomic mass is 10.3. The molecule has 0 saturated carbocycles. The van der Waals surface area contributed by atoms with Crippen molar-refractivity contribution in [1.82, 2.24) is 18.8 Å². The Morgan fingerprint density at radius 3 is 2.47 bits per heavy atom. The van der Waals surface area contributed by atoms with Crippen LogP contribution in [0.5, 0.6) is 0 Å². The molecule has 0 spiro atoms. The number of amides is 2. The first-order chi connectivity index (χ1) is 15.3. The summed E-state index contributed by atoms with van der Waals surface area (Å²) in [5.74, 6) is -0.820. The monoisotopic (exact) mass is 457 g/mol. The fourth-order valence-electron chi connectivity index (χ4n) is 3.78. The van der Waals surface area contributed by atoms with Crippen molar-refractivity contribution in [2.75, 3.05) is 25.0 Å². The van der Waals surface area contributed by atoms with E-state index >= 15 is 0 Å². The van der Waals surface area contributed by atoms with Crippen LogP contribution < -0.4 is 16.3 Å². The molecule has 168 valence electrons. The van der Waals surface area contributed by atoms with E-state index in [1.54, 1.807) is 22.8 Å². The molecule has 11 heteroatoms. The van der Waals surface area contributed by atoms with Gasteiger partial charge in [0.1, 0.15) is 6.54 Å². The van der Waals surface area contributed by atoms with E-state index in [0.29, 0.717) is 12.1 Å². The zero-order chi connectivity index (χ0) is 22.9. The summed E-state index contributed by atoms with van der Waals surface area (Å²) >= 11 is 0. The minimum atomic E-state index is -3.89. The molecule has 1 aliphatic heterocycles. The Hall–Kier alpha value is -3.44. The first-order valence-corrected chi connectivity index (χ1v) is 11.6. The van der Waals surface area contributed by atoms with Gasteiger partial charge in [0.15, 0.2) is 0 Å². The molecule has 0 atom stereocenters. The van der Waals surface area contributed by atoms with Crippen LogP contribution in [-0.4, -0.2) is 53.3 Å². The number of hydrogen-bond donors (Lipinski definition) is 2. The lowest BCUT2D eigenvalue weighted by Crippen LogP contribution is -2.49. The van der Waals surface area contributed by atoms with Gasteiger partial charge in [-0.3, -0.25) is 18.7 Å². The summed E-state index contributed by atoms with van der Waals surface area (Å²) in [6.07, 6.45) is 0. The van der Waals surface area contributed by atoms with Crippen LogP contribution in [-0.2, 0) is 32.7 Å². The number of para-hydroxylation sites is 2. The van der Waals surface area contributed by atoms with Crippen molar-refractivity contribution in [3.8, 4) is 0 Å². The molecule has 32 heavy (non-hydrogen) atoms. The summed E-state index contributed by atoms with van der Waals surface area (Å²) in [5.41, 5.74) is 1.38. The number of aromatic nitrogens is 2. The molecule has 10 nitrogen and oxygen atoms in total. The standard InChI is InChI=1S/C21H23N5O5S/c1-2-25-17-8-3-4-9-18(17)26(21(25)29)14-20(28)23-15-6-5-7-16(12-15)32(30,31)24-11-10-22-19(27)13-24/h3-9,12H,2,10-11,13-14H2,1H3,(H,22,27)(H,23,28). The lowest BCUT2D eigenvalue weighted by molar-refractivity contribution is -0.122. The number of imidazole rings is 1. The number of fused-ring (bicyclic) bond motifs is 1. The minimum Gasteiger partial charge on any atom is -0.354 e. The Balaban J connectivity index is 1.55. The second-order valence-electron chi connectivity index (χ2n) is 7.37. The highest BCUT2D eigenvalue weighted by Crippen LogP contribution is 2.20. The van der Waals surface area contributed by atoms with Crippen LogP contribution in [0.4, 0.5) is 5.69 Å². The predicted molar refractivity (Wildman–Crippen MR) is 119 cm³/mol. The van der Waals surface area contributed by atoms with Crippen molar-refractivity contribution < 1.29 is 18.0 Å². The number of nitrogens with one attached hydrogen (secondary N) is 2. The van der Waals surface area contributed by atoms with Gasteiger partial charge < -0.3 is 10.6 Å². The van der Waals surface area contributed by atoms with Crippen LogP contribution in [0.15, 0.2) is 58.2 Å². The zero-order valence-corrected chi connectivity index (χ0v) is 18.3. The number of nitrogens with zero attached hydrogens (tertiary/aromatic N) is 3. The normalized spacial score (nSPS) is 15.0. The lowest BCUT2D eigenvalue weighted by Gasteiger charge is -2.26. The van der Waals surface area contributed by atoms with Gasteiger partial charge in [-0.25, -0.2) is 13.2 Å². The molecule has 0 bridgehead atoms. The second kappa shape index (κ2) is 8.60. The zero-order valence-electron chi connectivity index (χ0n) is 17.4. The molecule has 2 amide bonds. The van der Waals surface area contributed by atoms with Crippen LogP contribution in [0.1, 0.15) is 6.92 Å². The van der Waals surface area contributed by atoms with Crippen molar-refractivity contribution in [1.29, 1.82) is 0 Å². The summed E-state index contributed by atoms with van der Waals surface area (Å²) in [4.78, 5) is 37.0. The van der Waals surface area contributed by atoms with E-state index in [0.717, 1.165) is 9.82 Å². The van der Waals surface area contributed by atoms with Crippen molar-refractivity contribution >= 4 is 38.6 Å². The average Bonchev–Trinajstić information content (AvgIpc) is 3.04. The molecule has 2 heterocycles. The highest BCUT2D eigenvalue weighted by molar-refractivity contribution is 7.89. The van der Waals surface area contributed by atoms with Gasteiger partial charge in [0.2, 0.25) is 21.8 Å². The van der Waals surface area contributed by atoms with Gasteiger partial charge in [0.25, 0.3) is 0 Å². The maximum Gasteiger partial charge on any atom is 0.329 e. The fourth-order valence-corrected chi connectivity index (χ4v) is 5.22. The summed E-state index contributed by atoms with van der Waals surface area (Å²) < 4.78 is 29.8. The number of hydrogen-bond acceptors (Lipinski definition) is 5. The van der Waals surface area contributed by atoms with Gasteiger partial charge in [-0.05, 0) is 37.3 Å². The molecule has 4 rings (SSSR count). The Morgan fingerprint density at radius 2 is 1.78 bits per heavy atom. The molecule has 2 N–H and O–H groups in total. The number of sulfonamides is 1. The highest BCUT2D eigenvalue weighted by Gasteiger charge is 2.29. The number of anilines is 1. The molecular weight excluding hydrogens is 434 g/mol. The summed E-state index contributed by atoms with van der Waals surface area (Å²) in [6, 6.07) is 13.1. The highest BCUT2D eigenvalue weighted by atomic mass is 32.2. The SMILES string of the molecule is CCn1c(=O)n(CC(=O)Nc2cccc(S(=O)(=O)N3CCNC(=O)C3)c2)c2ccccc21. The molecular formula is C21H23N5O5S. The molecule has 0 radical (unpaired) electrons. The van der Waals surface area contributed by atoms with Crippen molar-refractivity contribution in [2.45, 2.75) is 24.9 Å². The summed E-state index contributed by atoms with van der Waals surface area (Å²) in [7, 11) is -3.89. The van der Waals surface area contributed by atoms with Gasteiger partial charge in [-0.2, -0.15) is 4.31 Å². The van der Waals surface area contributed by atoms with E-state index in [1.165, 1.54) is 22.8 Å². The second-order valence-corrected chi connectivity index (χ2v) is 9.30. The molecule has 1 aromatic heterocycles. The summed E-state index contributed by atoms with van der Waals surface area (Å²) in [6.45, 7) is 2.29. The van der Waals surface area contributed by atoms with Gasteiger partial charge in [0, 0.05) is 25.3 Å². The largest absolute Gasteiger partial charge is 0.354 e.